The zero-order chi connectivity index (χ0) is 61.9. The van der Waals surface area contributed by atoms with Crippen molar-refractivity contribution in [1.82, 2.24) is 37.9 Å². The minimum atomic E-state index is 0.0299. The number of ether oxygens (including phenoxy) is 1. The Bertz CT molecular complexity index is 5950. The average Bonchev–Trinajstić information content (AvgIpc) is 1.69. The van der Waals surface area contributed by atoms with Crippen LogP contribution in [0, 0.1) is 0 Å². The summed E-state index contributed by atoms with van der Waals surface area (Å²) < 4.78 is 16.8. The van der Waals surface area contributed by atoms with Crippen molar-refractivity contribution in [2.45, 2.75) is 52.4 Å². The van der Waals surface area contributed by atoms with Crippen LogP contribution in [0.5, 0.6) is 17.2 Å². The van der Waals surface area contributed by atoms with Crippen LogP contribution in [0.1, 0.15) is 52.7 Å². The maximum absolute atomic E-state index is 9.87. The van der Waals surface area contributed by atoms with Gasteiger partial charge in [0.25, 0.3) is 0 Å². The van der Waals surface area contributed by atoms with Crippen molar-refractivity contribution in [2.24, 2.45) is 0 Å². The van der Waals surface area contributed by atoms with Crippen LogP contribution in [0.4, 0.5) is 0 Å². The number of phenolic OH excluding ortho intramolecular Hbond substituents is 1. The lowest BCUT2D eigenvalue weighted by molar-refractivity contribution is 0.476. The van der Waals surface area contributed by atoms with Gasteiger partial charge in [0, 0.05) is 89.2 Å². The third-order valence-electron chi connectivity index (χ3n) is 17.7. The topological polar surface area (TPSA) is 99.7 Å². The van der Waals surface area contributed by atoms with Crippen molar-refractivity contribution in [1.29, 1.82) is 0 Å². The van der Waals surface area contributed by atoms with Crippen LogP contribution < -0.4 is 4.74 Å². The molecule has 18 rings (SSSR count). The Morgan fingerprint density at radius 1 is 0.330 bits per heavy atom. The smallest absolute Gasteiger partial charge is 0.137 e. The molecule has 0 atom stereocenters. The maximum atomic E-state index is 9.87. The Morgan fingerprint density at radius 2 is 0.802 bits per heavy atom. The molecular formula is C80H61BrN8O2. The van der Waals surface area contributed by atoms with Crippen LogP contribution in [0.2, 0.25) is 0 Å². The minimum Gasteiger partial charge on any atom is -0.508 e. The van der Waals surface area contributed by atoms with Crippen molar-refractivity contribution < 1.29 is 9.84 Å². The number of pyridine rings is 6. The molecule has 91 heavy (non-hydrogen) atoms. The highest BCUT2D eigenvalue weighted by Crippen LogP contribution is 2.41. The van der Waals surface area contributed by atoms with Gasteiger partial charge in [0.1, 0.15) is 28.9 Å². The molecule has 0 saturated heterocycles. The van der Waals surface area contributed by atoms with Crippen LogP contribution >= 0.6 is 15.9 Å². The van der Waals surface area contributed by atoms with E-state index in [2.05, 4.69) is 273 Å². The molecule has 0 amide bonds. The molecule has 1 N–H and O–H groups in total. The van der Waals surface area contributed by atoms with Crippen molar-refractivity contribution >= 4 is 136 Å². The zero-order valence-corrected chi connectivity index (χ0v) is 52.6. The second kappa shape index (κ2) is 21.4. The van der Waals surface area contributed by atoms with E-state index in [4.69, 9.17) is 14.7 Å². The summed E-state index contributed by atoms with van der Waals surface area (Å²) in [6.07, 6.45) is 7.42. The number of aromatic nitrogens is 8. The molecule has 0 spiro atoms. The predicted molar refractivity (Wildman–Crippen MR) is 379 cm³/mol. The lowest BCUT2D eigenvalue weighted by atomic mass is 9.86. The number of rotatable bonds is 4. The van der Waals surface area contributed by atoms with Crippen LogP contribution in [0.25, 0.3) is 132 Å². The van der Waals surface area contributed by atoms with Gasteiger partial charge in [0.15, 0.2) is 0 Å². The standard InChI is InChI=1S/C40H30N4O.C21H19BrN2.C19H12N2O/c1-40(2,3)26-13-16-29-30-17-15-28(24-37(30)44(36(29)22-26)38-12-6-7-19-41-38)45-27-14-18-31-32(23-27)39-34(11-8-20-42-39)43-33-10-5-4-9-25(33)21-35(31)43;1-21(2,3)14-10-11-23-20(12-14)24-18-7-5-4-6-16(18)17-9-8-15(22)13-19(17)24;22-13-7-8-14-15(11-13)19-17(6-3-9-20-19)21-16-5-2-1-4-12(16)10-18(14)21/h4-24H,1-3H3;4-13H,1-3H3;1-11,22H. The molecule has 0 aliphatic rings. The summed E-state index contributed by atoms with van der Waals surface area (Å²) >= 11 is 3.61. The second-order valence-electron chi connectivity index (χ2n) is 25.5. The molecule has 0 bridgehead atoms. The number of para-hydroxylation sites is 3. The number of halogens is 1. The number of benzene rings is 8. The Hall–Kier alpha value is -10.9. The van der Waals surface area contributed by atoms with E-state index in [0.29, 0.717) is 0 Å². The molecule has 0 aliphatic carbocycles. The van der Waals surface area contributed by atoms with E-state index in [1.807, 2.05) is 48.9 Å². The highest BCUT2D eigenvalue weighted by molar-refractivity contribution is 9.10. The first-order valence-corrected chi connectivity index (χ1v) is 31.4. The Balaban J connectivity index is 0.000000120. The van der Waals surface area contributed by atoms with Crippen LogP contribution in [0.15, 0.2) is 260 Å². The van der Waals surface area contributed by atoms with Crippen molar-refractivity contribution in [3.8, 4) is 28.9 Å². The fourth-order valence-corrected chi connectivity index (χ4v) is 13.7. The summed E-state index contributed by atoms with van der Waals surface area (Å²) in [5.74, 6) is 3.65. The van der Waals surface area contributed by atoms with Gasteiger partial charge in [-0.05, 0) is 168 Å². The second-order valence-corrected chi connectivity index (χ2v) is 26.4. The third-order valence-corrected chi connectivity index (χ3v) is 18.2. The first-order chi connectivity index (χ1) is 44.2. The largest absolute Gasteiger partial charge is 0.508 e. The molecule has 8 aromatic carbocycles. The van der Waals surface area contributed by atoms with Gasteiger partial charge in [0.05, 0.1) is 66.2 Å². The van der Waals surface area contributed by atoms with Gasteiger partial charge >= 0.3 is 0 Å². The van der Waals surface area contributed by atoms with E-state index in [9.17, 15) is 5.11 Å². The fraction of sp³-hybridized carbons (Fsp3) is 0.100. The Kier molecular flexibility index (Phi) is 13.1. The van der Waals surface area contributed by atoms with Crippen LogP contribution in [-0.2, 0) is 10.8 Å². The van der Waals surface area contributed by atoms with Gasteiger partial charge in [-0.15, -0.1) is 0 Å². The fourth-order valence-electron chi connectivity index (χ4n) is 13.3. The molecule has 18 aromatic rings. The summed E-state index contributed by atoms with van der Waals surface area (Å²) in [5, 5.41) is 21.4. The Labute approximate surface area is 532 Å². The van der Waals surface area contributed by atoms with Gasteiger partial charge < -0.3 is 18.6 Å². The molecule has 10 heterocycles. The van der Waals surface area contributed by atoms with Crippen molar-refractivity contribution in [2.75, 3.05) is 0 Å². The molecule has 0 aliphatic heterocycles. The monoisotopic (exact) mass is 1240 g/mol. The van der Waals surface area contributed by atoms with Crippen molar-refractivity contribution in [3.63, 3.8) is 0 Å². The quantitative estimate of drug-likeness (QED) is 0.176. The van der Waals surface area contributed by atoms with Gasteiger partial charge in [-0.2, -0.15) is 0 Å². The summed E-state index contributed by atoms with van der Waals surface area (Å²) in [6, 6.07) is 79.8. The van der Waals surface area contributed by atoms with Crippen molar-refractivity contribution in [3.05, 3.63) is 271 Å². The first-order valence-electron chi connectivity index (χ1n) is 30.7. The molecule has 0 fully saturated rings. The first kappa shape index (κ1) is 55.4. The highest BCUT2D eigenvalue weighted by Gasteiger charge is 2.22. The molecule has 10 aromatic heterocycles. The third kappa shape index (κ3) is 9.45. The number of hydrogen-bond donors (Lipinski definition) is 1. The molecule has 0 unspecified atom stereocenters. The highest BCUT2D eigenvalue weighted by atomic mass is 79.9. The van der Waals surface area contributed by atoms with E-state index in [1.54, 1.807) is 18.3 Å². The summed E-state index contributed by atoms with van der Waals surface area (Å²) in [7, 11) is 0. The molecule has 440 valence electrons. The SMILES string of the molecule is CC(C)(C)c1ccc2c3ccc(Oc4ccc5c(c4)c4ncccc4n4c6ccccc6cc54)cc3n(-c3ccccn3)c2c1.CC(C)(C)c1ccnc(-n2c3ccccc3c3ccc(Br)cc32)c1.Oc1ccc2c(c1)c1ncccc1n1c3ccccc3cc21. The van der Waals surface area contributed by atoms with Gasteiger partial charge in [0.2, 0.25) is 0 Å². The number of nitrogens with zero attached hydrogens (tertiary/aromatic N) is 8. The number of aromatic hydroxyl groups is 1. The van der Waals surface area contributed by atoms with E-state index < -0.39 is 0 Å². The number of hydrogen-bond acceptors (Lipinski definition) is 6. The normalized spacial score (nSPS) is 12.2. The number of phenols is 1. The van der Waals surface area contributed by atoms with E-state index in [-0.39, 0.29) is 16.6 Å². The number of fused-ring (bicyclic) bond motifs is 22. The molecule has 0 saturated carbocycles. The van der Waals surface area contributed by atoms with Crippen LogP contribution in [0.3, 0.4) is 0 Å². The zero-order valence-electron chi connectivity index (χ0n) is 51.1. The van der Waals surface area contributed by atoms with E-state index >= 15 is 0 Å². The van der Waals surface area contributed by atoms with Gasteiger partial charge in [-0.25, -0.2) is 9.97 Å². The van der Waals surface area contributed by atoms with E-state index in [1.165, 1.54) is 65.5 Å². The molecule has 10 nitrogen and oxygen atoms in total. The Morgan fingerprint density at radius 3 is 1.44 bits per heavy atom. The lowest BCUT2D eigenvalue weighted by Crippen LogP contribution is -2.12. The van der Waals surface area contributed by atoms with Gasteiger partial charge in [-0.3, -0.25) is 19.1 Å². The summed E-state index contributed by atoms with van der Waals surface area (Å²) in [6.45, 7) is 13.4. The van der Waals surface area contributed by atoms with E-state index in [0.717, 1.165) is 93.3 Å². The molecular weight excluding hydrogens is 1180 g/mol. The average molecular weight is 1250 g/mol. The van der Waals surface area contributed by atoms with Crippen LogP contribution in [-0.4, -0.2) is 43.0 Å². The molecule has 0 radical (unpaired) electrons. The maximum Gasteiger partial charge on any atom is 0.137 e. The minimum absolute atomic E-state index is 0.0299. The molecule has 11 heteroatoms. The predicted octanol–water partition coefficient (Wildman–Crippen LogP) is 21.1. The lowest BCUT2D eigenvalue weighted by Gasteiger charge is -2.20. The summed E-state index contributed by atoms with van der Waals surface area (Å²) in [4.78, 5) is 18.8. The summed E-state index contributed by atoms with van der Waals surface area (Å²) in [5.41, 5.74) is 15.9. The van der Waals surface area contributed by atoms with Gasteiger partial charge in [-0.1, -0.05) is 136 Å².